The lowest BCUT2D eigenvalue weighted by atomic mass is 9.82. The van der Waals surface area contributed by atoms with Crippen LogP contribution in [0.25, 0.3) is 0 Å². The van der Waals surface area contributed by atoms with Crippen LogP contribution in [-0.2, 0) is 14.3 Å². The average Bonchev–Trinajstić information content (AvgIpc) is 3.07. The first-order valence-corrected chi connectivity index (χ1v) is 10.2. The third kappa shape index (κ3) is 4.36. The maximum absolute atomic E-state index is 11.8. The Hall–Kier alpha value is -1.09. The van der Waals surface area contributed by atoms with E-state index in [-0.39, 0.29) is 17.7 Å². The third-order valence-corrected chi connectivity index (χ3v) is 6.04. The number of carbonyl (C=O) groups excluding carboxylic acids is 1. The van der Waals surface area contributed by atoms with Crippen LogP contribution < -0.4 is 0 Å². The molecule has 0 aromatic rings. The van der Waals surface area contributed by atoms with Crippen LogP contribution in [0, 0.1) is 5.92 Å². The largest absolute Gasteiger partial charge is 0.456 e. The van der Waals surface area contributed by atoms with Gasteiger partial charge in [-0.3, -0.25) is 4.79 Å². The molecule has 142 valence electrons. The molecule has 0 aromatic carbocycles. The van der Waals surface area contributed by atoms with E-state index in [9.17, 15) is 4.79 Å². The molecule has 0 saturated carbocycles. The third-order valence-electron chi connectivity index (χ3n) is 6.04. The van der Waals surface area contributed by atoms with Crippen LogP contribution in [0.2, 0.25) is 0 Å². The van der Waals surface area contributed by atoms with Crippen molar-refractivity contribution in [1.29, 1.82) is 0 Å². The monoisotopic (exact) mass is 348 g/mol. The molecule has 2 heterocycles. The molecule has 3 heteroatoms. The van der Waals surface area contributed by atoms with Gasteiger partial charge in [-0.2, -0.15) is 0 Å². The fourth-order valence-corrected chi connectivity index (χ4v) is 4.31. The maximum Gasteiger partial charge on any atom is 0.309 e. The van der Waals surface area contributed by atoms with Crippen molar-refractivity contribution < 1.29 is 14.3 Å². The number of esters is 1. The van der Waals surface area contributed by atoms with Crippen LogP contribution in [0.5, 0.6) is 0 Å². The first-order chi connectivity index (χ1) is 12.0. The van der Waals surface area contributed by atoms with Crippen molar-refractivity contribution in [2.24, 2.45) is 5.92 Å². The molecule has 2 aliphatic rings. The van der Waals surface area contributed by atoms with Crippen molar-refractivity contribution >= 4 is 5.97 Å². The zero-order valence-corrected chi connectivity index (χ0v) is 16.8. The first kappa shape index (κ1) is 20.2. The minimum atomic E-state index is -0.408. The minimum absolute atomic E-state index is 0.0822. The zero-order valence-electron chi connectivity index (χ0n) is 16.8. The molecule has 0 N–H and O–H groups in total. The van der Waals surface area contributed by atoms with E-state index in [1.54, 1.807) is 0 Å². The molecule has 1 unspecified atom stereocenters. The lowest BCUT2D eigenvalue weighted by molar-refractivity contribution is -0.149. The molecule has 2 saturated heterocycles. The Morgan fingerprint density at radius 2 is 2.00 bits per heavy atom. The predicted molar refractivity (Wildman–Crippen MR) is 102 cm³/mol. The molecule has 2 fully saturated rings. The van der Waals surface area contributed by atoms with Gasteiger partial charge in [0.1, 0.15) is 11.7 Å². The molecular formula is C22H36O3. The summed E-state index contributed by atoms with van der Waals surface area (Å²) in [5, 5.41) is 0. The van der Waals surface area contributed by atoms with Crippen LogP contribution in [0.15, 0.2) is 23.8 Å². The second-order valence-corrected chi connectivity index (χ2v) is 7.66. The summed E-state index contributed by atoms with van der Waals surface area (Å²) < 4.78 is 12.2. The van der Waals surface area contributed by atoms with Crippen molar-refractivity contribution in [1.82, 2.24) is 0 Å². The van der Waals surface area contributed by atoms with E-state index in [1.807, 2.05) is 0 Å². The summed E-state index contributed by atoms with van der Waals surface area (Å²) in [4.78, 5) is 11.8. The predicted octanol–water partition coefficient (Wildman–Crippen LogP) is 5.74. The van der Waals surface area contributed by atoms with E-state index in [0.717, 1.165) is 44.9 Å². The molecule has 0 aliphatic carbocycles. The average molecular weight is 349 g/mol. The Morgan fingerprint density at radius 1 is 1.24 bits per heavy atom. The highest BCUT2D eigenvalue weighted by Gasteiger charge is 2.60. The highest BCUT2D eigenvalue weighted by molar-refractivity contribution is 5.73. The van der Waals surface area contributed by atoms with Crippen LogP contribution in [0.3, 0.4) is 0 Å². The second kappa shape index (κ2) is 8.53. The van der Waals surface area contributed by atoms with Crippen molar-refractivity contribution in [3.8, 4) is 0 Å². The van der Waals surface area contributed by atoms with Crippen molar-refractivity contribution in [3.63, 3.8) is 0 Å². The van der Waals surface area contributed by atoms with Gasteiger partial charge in [0.05, 0.1) is 12.0 Å². The second-order valence-electron chi connectivity index (χ2n) is 7.66. The number of hydrogen-bond donors (Lipinski definition) is 0. The van der Waals surface area contributed by atoms with Gasteiger partial charge in [-0.1, -0.05) is 58.4 Å². The molecule has 2 aliphatic heterocycles. The van der Waals surface area contributed by atoms with E-state index in [1.165, 1.54) is 5.57 Å². The molecular weight excluding hydrogens is 312 g/mol. The molecule has 0 bridgehead atoms. The molecule has 25 heavy (non-hydrogen) atoms. The molecule has 4 atom stereocenters. The van der Waals surface area contributed by atoms with Gasteiger partial charge in [0.25, 0.3) is 0 Å². The van der Waals surface area contributed by atoms with Crippen molar-refractivity contribution in [2.75, 3.05) is 0 Å². The summed E-state index contributed by atoms with van der Waals surface area (Å²) in [5.41, 5.74) is 0.779. The van der Waals surface area contributed by atoms with Crippen LogP contribution in [0.1, 0.15) is 86.0 Å². The summed E-state index contributed by atoms with van der Waals surface area (Å²) in [5.74, 6) is 0.492. The summed E-state index contributed by atoms with van der Waals surface area (Å²) >= 11 is 0. The summed E-state index contributed by atoms with van der Waals surface area (Å²) in [7, 11) is 0. The molecule has 2 rings (SSSR count). The highest BCUT2D eigenvalue weighted by atomic mass is 16.6. The van der Waals surface area contributed by atoms with Gasteiger partial charge >= 0.3 is 5.97 Å². The molecule has 0 radical (unpaired) electrons. The maximum atomic E-state index is 11.8. The Morgan fingerprint density at radius 3 is 2.52 bits per heavy atom. The van der Waals surface area contributed by atoms with E-state index in [4.69, 9.17) is 9.47 Å². The zero-order chi connectivity index (χ0) is 18.5. The number of allylic oxidation sites excluding steroid dienone is 3. The van der Waals surface area contributed by atoms with E-state index in [2.05, 4.69) is 52.8 Å². The van der Waals surface area contributed by atoms with E-state index in [0.29, 0.717) is 12.3 Å². The first-order valence-electron chi connectivity index (χ1n) is 10.2. The normalized spacial score (nSPS) is 33.7. The molecule has 0 aromatic heterocycles. The molecule has 0 spiro atoms. The van der Waals surface area contributed by atoms with Gasteiger partial charge in [-0.15, -0.1) is 0 Å². The van der Waals surface area contributed by atoms with Gasteiger partial charge in [-0.05, 0) is 44.4 Å². The van der Waals surface area contributed by atoms with Gasteiger partial charge in [0.15, 0.2) is 0 Å². The van der Waals surface area contributed by atoms with Gasteiger partial charge in [-0.25, -0.2) is 0 Å². The Labute approximate surface area is 153 Å². The fraction of sp³-hybridized carbons (Fsp3) is 0.773. The van der Waals surface area contributed by atoms with Crippen LogP contribution >= 0.6 is 0 Å². The smallest absolute Gasteiger partial charge is 0.309 e. The lowest BCUT2D eigenvalue weighted by Gasteiger charge is -2.28. The quantitative estimate of drug-likeness (QED) is 0.394. The number of ether oxygens (including phenoxy) is 2. The van der Waals surface area contributed by atoms with Gasteiger partial charge in [0.2, 0.25) is 0 Å². The van der Waals surface area contributed by atoms with Gasteiger partial charge < -0.3 is 9.47 Å². The lowest BCUT2D eigenvalue weighted by Crippen LogP contribution is -2.35. The SMILES string of the molecule is CC/C=C/C(CC)C/C(=C/[C@]1(CC)C[C@@]2(CC)OC(=O)C[C@H]2O1)CC. The standard InChI is InChI=1S/C22H36O3/c1-6-11-12-17(7-2)13-18(8-3)15-21(9-4)16-22(10-5)19(24-21)14-20(23)25-22/h11-12,15,17,19H,6-10,13-14,16H2,1-5H3/b12-11+,18-15+/t17?,19-,21-,22-/m1/s1. The van der Waals surface area contributed by atoms with Gasteiger partial charge in [0, 0.05) is 6.42 Å². The van der Waals surface area contributed by atoms with Crippen LogP contribution in [-0.4, -0.2) is 23.3 Å². The fourth-order valence-electron chi connectivity index (χ4n) is 4.31. The number of hydrogen-bond acceptors (Lipinski definition) is 3. The Balaban J connectivity index is 2.20. The minimum Gasteiger partial charge on any atom is -0.456 e. The summed E-state index contributed by atoms with van der Waals surface area (Å²) in [6, 6.07) is 0. The Bertz CT molecular complexity index is 521. The summed E-state index contributed by atoms with van der Waals surface area (Å²) in [6.45, 7) is 11.0. The van der Waals surface area contributed by atoms with Crippen molar-refractivity contribution in [2.45, 2.75) is 103 Å². The van der Waals surface area contributed by atoms with E-state index >= 15 is 0 Å². The molecule has 0 amide bonds. The Kier molecular flexibility index (Phi) is 6.90. The van der Waals surface area contributed by atoms with Crippen molar-refractivity contribution in [3.05, 3.63) is 23.8 Å². The van der Waals surface area contributed by atoms with Crippen LogP contribution in [0.4, 0.5) is 0 Å². The number of fused-ring (bicyclic) bond motifs is 1. The summed E-state index contributed by atoms with van der Waals surface area (Å²) in [6.07, 6.45) is 14.3. The highest BCUT2D eigenvalue weighted by Crippen LogP contribution is 2.50. The number of rotatable bonds is 9. The molecule has 3 nitrogen and oxygen atoms in total. The topological polar surface area (TPSA) is 35.5 Å². The number of carbonyl (C=O) groups is 1. The van der Waals surface area contributed by atoms with E-state index < -0.39 is 5.60 Å².